The van der Waals surface area contributed by atoms with Crippen LogP contribution in [0.15, 0.2) is 4.42 Å². The fraction of sp³-hybridized carbons (Fsp3) is 0.737. The van der Waals surface area contributed by atoms with Crippen molar-refractivity contribution in [3.05, 3.63) is 17.3 Å². The van der Waals surface area contributed by atoms with Crippen molar-refractivity contribution < 1.29 is 18.7 Å². The summed E-state index contributed by atoms with van der Waals surface area (Å²) in [7, 11) is 0. The van der Waals surface area contributed by atoms with Crippen molar-refractivity contribution in [2.24, 2.45) is 11.8 Å². The van der Waals surface area contributed by atoms with E-state index in [1.165, 1.54) is 0 Å². The number of ether oxygens (including phenoxy) is 1. The summed E-state index contributed by atoms with van der Waals surface area (Å²) in [5, 5.41) is 0. The molecule has 1 aromatic rings. The van der Waals surface area contributed by atoms with E-state index in [9.17, 15) is 9.59 Å². The predicted octanol–water partition coefficient (Wildman–Crippen LogP) is 1.86. The van der Waals surface area contributed by atoms with E-state index in [0.29, 0.717) is 43.6 Å². The lowest BCUT2D eigenvalue weighted by Crippen LogP contribution is -2.42. The largest absolute Gasteiger partial charge is 0.437 e. The van der Waals surface area contributed by atoms with Gasteiger partial charge in [-0.3, -0.25) is 9.59 Å². The van der Waals surface area contributed by atoms with Gasteiger partial charge in [-0.2, -0.15) is 0 Å². The van der Waals surface area contributed by atoms with Gasteiger partial charge in [-0.25, -0.2) is 4.98 Å². The predicted molar refractivity (Wildman–Crippen MR) is 93.4 cm³/mol. The van der Waals surface area contributed by atoms with Crippen LogP contribution in [0.1, 0.15) is 55.2 Å². The maximum atomic E-state index is 12.8. The van der Waals surface area contributed by atoms with Crippen LogP contribution in [-0.2, 0) is 22.5 Å². The van der Waals surface area contributed by atoms with E-state index in [-0.39, 0.29) is 23.8 Å². The highest BCUT2D eigenvalue weighted by atomic mass is 16.5. The maximum absolute atomic E-state index is 12.8. The first kappa shape index (κ1) is 17.5. The van der Waals surface area contributed by atoms with Gasteiger partial charge in [0.25, 0.3) is 11.8 Å². The number of oxazole rings is 1. The van der Waals surface area contributed by atoms with E-state index in [1.54, 1.807) is 4.90 Å². The number of fused-ring (bicyclic) bond motifs is 1. The van der Waals surface area contributed by atoms with E-state index in [1.807, 2.05) is 4.90 Å². The summed E-state index contributed by atoms with van der Waals surface area (Å²) in [6.45, 7) is 7.49. The highest BCUT2D eigenvalue weighted by molar-refractivity contribution is 5.90. The van der Waals surface area contributed by atoms with Gasteiger partial charge in [-0.05, 0) is 31.1 Å². The zero-order valence-corrected chi connectivity index (χ0v) is 15.6. The molecule has 0 bridgehead atoms. The molecule has 7 nitrogen and oxygen atoms in total. The molecule has 3 aliphatic heterocycles. The van der Waals surface area contributed by atoms with Crippen LogP contribution >= 0.6 is 0 Å². The molecule has 0 radical (unpaired) electrons. The average molecular weight is 361 g/mol. The Bertz CT molecular complexity index is 685. The molecule has 1 aromatic heterocycles. The lowest BCUT2D eigenvalue weighted by Gasteiger charge is -2.34. The highest BCUT2D eigenvalue weighted by Gasteiger charge is 2.34. The average Bonchev–Trinajstić information content (AvgIpc) is 3.28. The van der Waals surface area contributed by atoms with Crippen LogP contribution in [0.2, 0.25) is 0 Å². The minimum atomic E-state index is -0.319. The van der Waals surface area contributed by atoms with Gasteiger partial charge in [0, 0.05) is 32.7 Å². The van der Waals surface area contributed by atoms with Crippen molar-refractivity contribution in [2.75, 3.05) is 26.2 Å². The first-order valence-corrected chi connectivity index (χ1v) is 9.69. The molecule has 0 N–H and O–H groups in total. The van der Waals surface area contributed by atoms with Crippen molar-refractivity contribution in [1.29, 1.82) is 0 Å². The van der Waals surface area contributed by atoms with Crippen molar-refractivity contribution >= 4 is 11.8 Å². The fourth-order valence-electron chi connectivity index (χ4n) is 4.42. The summed E-state index contributed by atoms with van der Waals surface area (Å²) in [6.07, 6.45) is 3.15. The lowest BCUT2D eigenvalue weighted by molar-refractivity contribution is -0.142. The van der Waals surface area contributed by atoms with E-state index in [4.69, 9.17) is 9.15 Å². The molecule has 0 aliphatic carbocycles. The Kier molecular flexibility index (Phi) is 4.73. The molecule has 0 unspecified atom stereocenters. The van der Waals surface area contributed by atoms with Gasteiger partial charge in [-0.1, -0.05) is 13.8 Å². The number of likely N-dealkylation sites (tertiary alicyclic amines) is 1. The normalized spacial score (nSPS) is 28.9. The second kappa shape index (κ2) is 7.02. The second-order valence-corrected chi connectivity index (χ2v) is 8.06. The first-order chi connectivity index (χ1) is 12.5. The molecule has 2 amide bonds. The molecule has 4 rings (SSSR count). The molecule has 0 saturated carbocycles. The Labute approximate surface area is 153 Å². The summed E-state index contributed by atoms with van der Waals surface area (Å²) >= 11 is 0. The van der Waals surface area contributed by atoms with Gasteiger partial charge in [0.1, 0.15) is 17.6 Å². The van der Waals surface area contributed by atoms with Gasteiger partial charge >= 0.3 is 5.91 Å². The van der Waals surface area contributed by atoms with Gasteiger partial charge < -0.3 is 19.0 Å². The Morgan fingerprint density at radius 3 is 2.62 bits per heavy atom. The third-order valence-electron chi connectivity index (χ3n) is 5.58. The molecule has 26 heavy (non-hydrogen) atoms. The third kappa shape index (κ3) is 3.37. The quantitative estimate of drug-likeness (QED) is 0.804. The second-order valence-electron chi connectivity index (χ2n) is 8.06. The minimum Gasteiger partial charge on any atom is -0.437 e. The van der Waals surface area contributed by atoms with E-state index in [0.717, 1.165) is 38.1 Å². The lowest BCUT2D eigenvalue weighted by atomic mass is 9.92. The van der Waals surface area contributed by atoms with Crippen LogP contribution in [0.3, 0.4) is 0 Å². The summed E-state index contributed by atoms with van der Waals surface area (Å²) in [4.78, 5) is 33.4. The zero-order valence-electron chi connectivity index (χ0n) is 15.6. The number of nitrogens with zero attached hydrogens (tertiary/aromatic N) is 3. The number of carbonyl (C=O) groups is 2. The van der Waals surface area contributed by atoms with Crippen LogP contribution in [0.5, 0.6) is 0 Å². The zero-order chi connectivity index (χ0) is 18.3. The molecule has 3 atom stereocenters. The van der Waals surface area contributed by atoms with Crippen molar-refractivity contribution in [3.8, 4) is 0 Å². The molecular weight excluding hydrogens is 334 g/mol. The molecule has 3 aliphatic rings. The molecule has 0 aromatic carbocycles. The smallest absolute Gasteiger partial charge is 0.309 e. The van der Waals surface area contributed by atoms with E-state index in [2.05, 4.69) is 18.8 Å². The van der Waals surface area contributed by atoms with Crippen LogP contribution in [-0.4, -0.2) is 58.9 Å². The van der Waals surface area contributed by atoms with E-state index >= 15 is 0 Å². The number of carbonyl (C=O) groups excluding carboxylic acids is 2. The van der Waals surface area contributed by atoms with Crippen molar-refractivity contribution in [2.45, 2.75) is 52.2 Å². The molecule has 7 heteroatoms. The number of rotatable bonds is 2. The molecule has 2 fully saturated rings. The molecule has 142 valence electrons. The van der Waals surface area contributed by atoms with Gasteiger partial charge in [0.2, 0.25) is 0 Å². The SMILES string of the molecule is C[C@@H]1C[C@@H](C)CN(C(=O)c2nc3c(o2)CCN(C(=O)[C@@H]2CCCO2)C3)C1. The topological polar surface area (TPSA) is 75.9 Å². The summed E-state index contributed by atoms with van der Waals surface area (Å²) in [5.41, 5.74) is 0.712. The number of piperidine rings is 1. The van der Waals surface area contributed by atoms with Crippen LogP contribution < -0.4 is 0 Å². The highest BCUT2D eigenvalue weighted by Crippen LogP contribution is 2.26. The maximum Gasteiger partial charge on any atom is 0.309 e. The summed E-state index contributed by atoms with van der Waals surface area (Å²) in [6, 6.07) is 0. The Morgan fingerprint density at radius 1 is 1.15 bits per heavy atom. The third-order valence-corrected chi connectivity index (χ3v) is 5.58. The van der Waals surface area contributed by atoms with E-state index < -0.39 is 0 Å². The number of hydrogen-bond acceptors (Lipinski definition) is 5. The van der Waals surface area contributed by atoms with Crippen molar-refractivity contribution in [1.82, 2.24) is 14.8 Å². The van der Waals surface area contributed by atoms with Gasteiger partial charge in [-0.15, -0.1) is 0 Å². The first-order valence-electron chi connectivity index (χ1n) is 9.69. The standard InChI is InChI=1S/C19H27N3O4/c1-12-8-13(2)10-22(9-12)19(24)17-20-14-11-21(6-5-15(14)26-17)18(23)16-4-3-7-25-16/h12-13,16H,3-11H2,1-2H3/t12-,13-,16+/m1/s1. The van der Waals surface area contributed by atoms with Crippen LogP contribution in [0.25, 0.3) is 0 Å². The molecule has 2 saturated heterocycles. The van der Waals surface area contributed by atoms with Crippen LogP contribution in [0, 0.1) is 11.8 Å². The summed E-state index contributed by atoms with van der Waals surface area (Å²) in [5.74, 6) is 1.79. The van der Waals surface area contributed by atoms with Crippen molar-refractivity contribution in [3.63, 3.8) is 0 Å². The monoisotopic (exact) mass is 361 g/mol. The number of hydrogen-bond donors (Lipinski definition) is 0. The molecular formula is C19H27N3O4. The Morgan fingerprint density at radius 2 is 1.92 bits per heavy atom. The Balaban J connectivity index is 1.45. The Hall–Kier alpha value is -1.89. The number of amides is 2. The molecule has 0 spiro atoms. The van der Waals surface area contributed by atoms with Crippen LogP contribution in [0.4, 0.5) is 0 Å². The van der Waals surface area contributed by atoms with Gasteiger partial charge in [0.15, 0.2) is 0 Å². The van der Waals surface area contributed by atoms with Gasteiger partial charge in [0.05, 0.1) is 6.54 Å². The fourth-order valence-corrected chi connectivity index (χ4v) is 4.42. The number of aromatic nitrogens is 1. The summed E-state index contributed by atoms with van der Waals surface area (Å²) < 4.78 is 11.3. The minimum absolute atomic E-state index is 0.0303. The molecule has 4 heterocycles.